The molecule has 0 aliphatic carbocycles. The number of nitrogens with zero attached hydrogens (tertiary/aromatic N) is 2. The lowest BCUT2D eigenvalue weighted by Crippen LogP contribution is -1.85. The maximum atomic E-state index is 5.66. The molecule has 0 aliphatic rings. The van der Waals surface area contributed by atoms with Crippen molar-refractivity contribution < 1.29 is 0 Å². The monoisotopic (exact) mass is 241 g/mol. The molecule has 0 atom stereocenters. The van der Waals surface area contributed by atoms with Gasteiger partial charge in [0.05, 0.1) is 5.69 Å². The molecular formula is C13H11N3S. The number of hydrogen-bond donors (Lipinski definition) is 1. The zero-order chi connectivity index (χ0) is 11.8. The minimum absolute atomic E-state index is 0.603. The second-order valence-electron chi connectivity index (χ2n) is 3.96. The van der Waals surface area contributed by atoms with E-state index in [2.05, 4.69) is 35.1 Å². The number of aromatic nitrogens is 2. The zero-order valence-electron chi connectivity index (χ0n) is 9.34. The summed E-state index contributed by atoms with van der Waals surface area (Å²) in [6, 6.07) is 6.26. The van der Waals surface area contributed by atoms with Crippen molar-refractivity contribution in [1.29, 1.82) is 0 Å². The molecule has 0 fully saturated rings. The zero-order valence-corrected chi connectivity index (χ0v) is 10.2. The van der Waals surface area contributed by atoms with Crippen LogP contribution in [0.5, 0.6) is 0 Å². The van der Waals surface area contributed by atoms with E-state index < -0.39 is 0 Å². The van der Waals surface area contributed by atoms with Crippen LogP contribution in [0.2, 0.25) is 0 Å². The summed E-state index contributed by atoms with van der Waals surface area (Å²) in [5, 5.41) is 4.94. The van der Waals surface area contributed by atoms with Crippen molar-refractivity contribution in [2.45, 2.75) is 6.92 Å². The highest BCUT2D eigenvalue weighted by molar-refractivity contribution is 7.13. The Hall–Kier alpha value is -1.94. The highest BCUT2D eigenvalue weighted by Crippen LogP contribution is 2.27. The summed E-state index contributed by atoms with van der Waals surface area (Å²) < 4.78 is 0. The number of fused-ring (bicyclic) bond motifs is 1. The molecule has 1 aromatic carbocycles. The number of anilines is 1. The maximum Gasteiger partial charge on any atom is 0.180 e. The number of hydrogen-bond acceptors (Lipinski definition) is 4. The van der Waals surface area contributed by atoms with Crippen LogP contribution in [0.3, 0.4) is 0 Å². The molecule has 3 nitrogen and oxygen atoms in total. The molecule has 4 heteroatoms. The average molecular weight is 241 g/mol. The number of pyridine rings is 1. The van der Waals surface area contributed by atoms with Gasteiger partial charge in [-0.25, -0.2) is 4.98 Å². The molecular weight excluding hydrogens is 230 g/mol. The number of benzene rings is 1. The molecule has 2 aromatic heterocycles. The van der Waals surface area contributed by atoms with E-state index in [4.69, 9.17) is 5.73 Å². The highest BCUT2D eigenvalue weighted by Gasteiger charge is 2.04. The van der Waals surface area contributed by atoms with Gasteiger partial charge in [-0.05, 0) is 23.9 Å². The van der Waals surface area contributed by atoms with Crippen LogP contribution in [-0.2, 0) is 0 Å². The second-order valence-corrected chi connectivity index (χ2v) is 4.85. The van der Waals surface area contributed by atoms with Crippen molar-refractivity contribution in [3.63, 3.8) is 0 Å². The van der Waals surface area contributed by atoms with Gasteiger partial charge in [0.2, 0.25) is 0 Å². The molecule has 0 saturated heterocycles. The Morgan fingerprint density at radius 2 is 2.12 bits per heavy atom. The molecule has 0 spiro atoms. The molecule has 84 valence electrons. The van der Waals surface area contributed by atoms with Gasteiger partial charge in [-0.3, -0.25) is 4.98 Å². The van der Waals surface area contributed by atoms with Crippen LogP contribution in [0.4, 0.5) is 5.13 Å². The number of thiazole rings is 1. The summed E-state index contributed by atoms with van der Waals surface area (Å²) in [5.74, 6) is 0. The number of nitrogen functional groups attached to an aromatic ring is 1. The van der Waals surface area contributed by atoms with Crippen molar-refractivity contribution in [1.82, 2.24) is 9.97 Å². The summed E-state index contributed by atoms with van der Waals surface area (Å²) in [7, 11) is 0. The summed E-state index contributed by atoms with van der Waals surface area (Å²) in [6.45, 7) is 2.06. The fraction of sp³-hybridized carbons (Fsp3) is 0.0769. The summed E-state index contributed by atoms with van der Waals surface area (Å²) in [4.78, 5) is 8.48. The quantitative estimate of drug-likeness (QED) is 0.711. The van der Waals surface area contributed by atoms with Crippen LogP contribution in [-0.4, -0.2) is 9.97 Å². The van der Waals surface area contributed by atoms with Gasteiger partial charge in [0, 0.05) is 28.7 Å². The van der Waals surface area contributed by atoms with Crippen LogP contribution in [0, 0.1) is 6.92 Å². The van der Waals surface area contributed by atoms with Gasteiger partial charge >= 0.3 is 0 Å². The van der Waals surface area contributed by atoms with Gasteiger partial charge < -0.3 is 5.73 Å². The number of rotatable bonds is 1. The van der Waals surface area contributed by atoms with Crippen molar-refractivity contribution in [2.24, 2.45) is 0 Å². The lowest BCUT2D eigenvalue weighted by Gasteiger charge is -2.03. The van der Waals surface area contributed by atoms with Crippen LogP contribution in [0.25, 0.3) is 22.0 Å². The average Bonchev–Trinajstić information content (AvgIpc) is 2.76. The lowest BCUT2D eigenvalue weighted by atomic mass is 10.0. The first-order valence-electron chi connectivity index (χ1n) is 5.30. The van der Waals surface area contributed by atoms with Crippen molar-refractivity contribution >= 4 is 27.2 Å². The van der Waals surface area contributed by atoms with E-state index in [9.17, 15) is 0 Å². The van der Waals surface area contributed by atoms with Gasteiger partial charge in [-0.1, -0.05) is 12.1 Å². The van der Waals surface area contributed by atoms with Gasteiger partial charge in [-0.15, -0.1) is 11.3 Å². The SMILES string of the molecule is Cc1cncc2ccc(-c3csc(N)n3)cc12. The molecule has 0 aliphatic heterocycles. The predicted octanol–water partition coefficient (Wildman–Crippen LogP) is 3.25. The highest BCUT2D eigenvalue weighted by atomic mass is 32.1. The first kappa shape index (κ1) is 10.2. The summed E-state index contributed by atoms with van der Waals surface area (Å²) in [6.07, 6.45) is 3.75. The third-order valence-corrected chi connectivity index (χ3v) is 3.45. The molecule has 3 aromatic rings. The van der Waals surface area contributed by atoms with Gasteiger partial charge in [0.25, 0.3) is 0 Å². The molecule has 0 saturated carbocycles. The summed E-state index contributed by atoms with van der Waals surface area (Å²) in [5.41, 5.74) is 8.86. The van der Waals surface area contributed by atoms with Crippen molar-refractivity contribution in [2.75, 3.05) is 5.73 Å². The number of aryl methyl sites for hydroxylation is 1. The van der Waals surface area contributed by atoms with E-state index >= 15 is 0 Å². The van der Waals surface area contributed by atoms with E-state index in [1.807, 2.05) is 17.8 Å². The topological polar surface area (TPSA) is 51.8 Å². The molecule has 17 heavy (non-hydrogen) atoms. The van der Waals surface area contributed by atoms with E-state index in [0.717, 1.165) is 16.6 Å². The molecule has 0 bridgehead atoms. The van der Waals surface area contributed by atoms with Crippen LogP contribution in [0.15, 0.2) is 36.0 Å². The Morgan fingerprint density at radius 1 is 1.24 bits per heavy atom. The van der Waals surface area contributed by atoms with E-state index in [1.165, 1.54) is 22.3 Å². The maximum absolute atomic E-state index is 5.66. The van der Waals surface area contributed by atoms with Crippen LogP contribution in [0.1, 0.15) is 5.56 Å². The fourth-order valence-electron chi connectivity index (χ4n) is 1.89. The Kier molecular flexibility index (Phi) is 2.30. The Bertz CT molecular complexity index is 688. The number of nitrogens with two attached hydrogens (primary N) is 1. The standard InChI is InChI=1S/C13H11N3S/c1-8-5-15-6-10-3-2-9(4-11(8)10)12-7-17-13(14)16-12/h2-7H,1H3,(H2,14,16). The molecule has 0 radical (unpaired) electrons. The van der Waals surface area contributed by atoms with E-state index in [1.54, 1.807) is 0 Å². The fourth-order valence-corrected chi connectivity index (χ4v) is 2.46. The molecule has 2 heterocycles. The van der Waals surface area contributed by atoms with Gasteiger partial charge in [-0.2, -0.15) is 0 Å². The minimum atomic E-state index is 0.603. The van der Waals surface area contributed by atoms with E-state index in [0.29, 0.717) is 5.13 Å². The van der Waals surface area contributed by atoms with Crippen molar-refractivity contribution in [3.05, 3.63) is 41.5 Å². The van der Waals surface area contributed by atoms with Crippen LogP contribution < -0.4 is 5.73 Å². The smallest absolute Gasteiger partial charge is 0.180 e. The first-order valence-corrected chi connectivity index (χ1v) is 6.18. The second kappa shape index (κ2) is 3.82. The normalized spacial score (nSPS) is 10.9. The Morgan fingerprint density at radius 3 is 2.88 bits per heavy atom. The van der Waals surface area contributed by atoms with Crippen molar-refractivity contribution in [3.8, 4) is 11.3 Å². The Labute approximate surface area is 103 Å². The minimum Gasteiger partial charge on any atom is -0.375 e. The van der Waals surface area contributed by atoms with Gasteiger partial charge in [0.15, 0.2) is 5.13 Å². The first-order chi connectivity index (χ1) is 8.24. The Balaban J connectivity index is 2.22. The molecule has 0 amide bonds. The van der Waals surface area contributed by atoms with E-state index in [-0.39, 0.29) is 0 Å². The third-order valence-electron chi connectivity index (χ3n) is 2.78. The molecule has 2 N–H and O–H groups in total. The molecule has 3 rings (SSSR count). The predicted molar refractivity (Wildman–Crippen MR) is 72.0 cm³/mol. The van der Waals surface area contributed by atoms with Crippen LogP contribution >= 0.6 is 11.3 Å². The molecule has 0 unspecified atom stereocenters. The lowest BCUT2D eigenvalue weighted by molar-refractivity contribution is 1.31. The van der Waals surface area contributed by atoms with Gasteiger partial charge in [0.1, 0.15) is 0 Å². The largest absolute Gasteiger partial charge is 0.375 e. The third kappa shape index (κ3) is 1.76. The summed E-state index contributed by atoms with van der Waals surface area (Å²) >= 11 is 1.46.